The average molecular weight is 305 g/mol. The van der Waals surface area contributed by atoms with Gasteiger partial charge in [0, 0.05) is 11.3 Å². The molecule has 0 spiro atoms. The maximum Gasteiger partial charge on any atom is 0.269 e. The van der Waals surface area contributed by atoms with Gasteiger partial charge in [0.15, 0.2) is 5.11 Å². The highest BCUT2D eigenvalue weighted by molar-refractivity contribution is 7.80. The number of anilines is 1. The number of carbonyl (C=O) groups is 1. The first kappa shape index (κ1) is 14.7. The SMILES string of the molecule is O=C(NNC(=S)Nc1ccc(F)cc1)c1cccc(O)c1. The van der Waals surface area contributed by atoms with Crippen LogP contribution in [0, 0.1) is 5.82 Å². The molecule has 0 radical (unpaired) electrons. The summed E-state index contributed by atoms with van der Waals surface area (Å²) in [7, 11) is 0. The van der Waals surface area contributed by atoms with Gasteiger partial charge in [-0.05, 0) is 54.7 Å². The summed E-state index contributed by atoms with van der Waals surface area (Å²) in [5.74, 6) is -0.805. The minimum atomic E-state index is -0.450. The van der Waals surface area contributed by atoms with Crippen molar-refractivity contribution in [2.45, 2.75) is 0 Å². The molecule has 4 N–H and O–H groups in total. The Labute approximate surface area is 125 Å². The molecule has 2 aromatic carbocycles. The second kappa shape index (κ2) is 6.67. The third kappa shape index (κ3) is 4.43. The fourth-order valence-electron chi connectivity index (χ4n) is 1.53. The van der Waals surface area contributed by atoms with Crippen molar-refractivity contribution in [3.05, 3.63) is 59.9 Å². The first-order valence-corrected chi connectivity index (χ1v) is 6.37. The molecule has 0 atom stereocenters. The standard InChI is InChI=1S/C14H12FN3O2S/c15-10-4-6-11(7-5-10)16-14(21)18-17-13(20)9-2-1-3-12(19)8-9/h1-8,19H,(H,17,20)(H2,16,18,21). The van der Waals surface area contributed by atoms with Gasteiger partial charge in [-0.25, -0.2) is 4.39 Å². The second-order valence-corrected chi connectivity index (χ2v) is 4.50. The summed E-state index contributed by atoms with van der Waals surface area (Å²) < 4.78 is 12.7. The number of rotatable bonds is 2. The molecule has 1 amide bonds. The fraction of sp³-hybridized carbons (Fsp3) is 0. The highest BCUT2D eigenvalue weighted by atomic mass is 32.1. The number of aromatic hydroxyl groups is 1. The van der Waals surface area contributed by atoms with Gasteiger partial charge in [0.25, 0.3) is 5.91 Å². The lowest BCUT2D eigenvalue weighted by molar-refractivity contribution is 0.0944. The van der Waals surface area contributed by atoms with Gasteiger partial charge in [-0.3, -0.25) is 15.6 Å². The van der Waals surface area contributed by atoms with E-state index in [1.165, 1.54) is 36.4 Å². The highest BCUT2D eigenvalue weighted by Gasteiger charge is 2.06. The molecule has 0 aromatic heterocycles. The van der Waals surface area contributed by atoms with Crippen LogP contribution in [0.15, 0.2) is 48.5 Å². The van der Waals surface area contributed by atoms with E-state index in [4.69, 9.17) is 12.2 Å². The topological polar surface area (TPSA) is 73.4 Å². The van der Waals surface area contributed by atoms with Crippen LogP contribution in [-0.2, 0) is 0 Å². The number of carbonyl (C=O) groups excluding carboxylic acids is 1. The number of hydrogen-bond acceptors (Lipinski definition) is 3. The zero-order valence-electron chi connectivity index (χ0n) is 10.8. The molecule has 0 saturated heterocycles. The third-order valence-corrected chi connectivity index (χ3v) is 2.70. The van der Waals surface area contributed by atoms with E-state index in [0.717, 1.165) is 0 Å². The molecule has 0 bridgehead atoms. The van der Waals surface area contributed by atoms with E-state index in [1.54, 1.807) is 12.1 Å². The molecule has 21 heavy (non-hydrogen) atoms. The number of phenolic OH excluding ortho intramolecular Hbond substituents is 1. The average Bonchev–Trinajstić information content (AvgIpc) is 2.47. The molecule has 0 saturated carbocycles. The minimum absolute atomic E-state index is 0.00494. The van der Waals surface area contributed by atoms with E-state index < -0.39 is 5.91 Å². The lowest BCUT2D eigenvalue weighted by atomic mass is 10.2. The van der Waals surface area contributed by atoms with Gasteiger partial charge in [-0.1, -0.05) is 6.07 Å². The zero-order valence-corrected chi connectivity index (χ0v) is 11.6. The van der Waals surface area contributed by atoms with Gasteiger partial charge in [0.2, 0.25) is 0 Å². The Morgan fingerprint density at radius 2 is 1.81 bits per heavy atom. The number of benzene rings is 2. The van der Waals surface area contributed by atoms with Crippen molar-refractivity contribution in [3.63, 3.8) is 0 Å². The van der Waals surface area contributed by atoms with E-state index in [2.05, 4.69) is 16.2 Å². The van der Waals surface area contributed by atoms with Crippen molar-refractivity contribution < 1.29 is 14.3 Å². The van der Waals surface area contributed by atoms with Gasteiger partial charge < -0.3 is 10.4 Å². The quantitative estimate of drug-likeness (QED) is 0.505. The predicted molar refractivity (Wildman–Crippen MR) is 81.3 cm³/mol. The molecule has 0 aliphatic rings. The Bertz CT molecular complexity index is 662. The molecule has 5 nitrogen and oxygen atoms in total. The summed E-state index contributed by atoms with van der Waals surface area (Å²) in [5, 5.41) is 12.2. The Kier molecular flexibility index (Phi) is 4.68. The molecule has 7 heteroatoms. The molecule has 2 aromatic rings. The van der Waals surface area contributed by atoms with Crippen LogP contribution in [0.5, 0.6) is 5.75 Å². The number of thiocarbonyl (C=S) groups is 1. The number of amides is 1. The lowest BCUT2D eigenvalue weighted by Crippen LogP contribution is -2.43. The van der Waals surface area contributed by atoms with Crippen LogP contribution in [0.4, 0.5) is 10.1 Å². The van der Waals surface area contributed by atoms with Crippen molar-refractivity contribution in [3.8, 4) is 5.75 Å². The third-order valence-electron chi connectivity index (χ3n) is 2.50. The Morgan fingerprint density at radius 3 is 2.48 bits per heavy atom. The molecular weight excluding hydrogens is 293 g/mol. The zero-order chi connectivity index (χ0) is 15.2. The van der Waals surface area contributed by atoms with Crippen LogP contribution in [0.3, 0.4) is 0 Å². The minimum Gasteiger partial charge on any atom is -0.508 e. The first-order chi connectivity index (χ1) is 10.0. The van der Waals surface area contributed by atoms with E-state index in [0.29, 0.717) is 5.69 Å². The van der Waals surface area contributed by atoms with Gasteiger partial charge in [0.05, 0.1) is 0 Å². The van der Waals surface area contributed by atoms with E-state index in [1.807, 2.05) is 0 Å². The molecule has 108 valence electrons. The van der Waals surface area contributed by atoms with Crippen molar-refractivity contribution in [2.24, 2.45) is 0 Å². The summed E-state index contributed by atoms with van der Waals surface area (Å²) in [4.78, 5) is 11.8. The maximum absolute atomic E-state index is 12.7. The highest BCUT2D eigenvalue weighted by Crippen LogP contribution is 2.10. The van der Waals surface area contributed by atoms with Crippen molar-refractivity contribution in [1.29, 1.82) is 0 Å². The Morgan fingerprint density at radius 1 is 1.10 bits per heavy atom. The lowest BCUT2D eigenvalue weighted by Gasteiger charge is -2.11. The molecule has 2 rings (SSSR count). The molecular formula is C14H12FN3O2S. The predicted octanol–water partition coefficient (Wildman–Crippen LogP) is 2.16. The summed E-state index contributed by atoms with van der Waals surface area (Å²) in [5.41, 5.74) is 5.76. The number of hydrazine groups is 1. The summed E-state index contributed by atoms with van der Waals surface area (Å²) in [6, 6.07) is 11.5. The van der Waals surface area contributed by atoms with E-state index in [9.17, 15) is 14.3 Å². The van der Waals surface area contributed by atoms with Crippen LogP contribution in [0.25, 0.3) is 0 Å². The smallest absolute Gasteiger partial charge is 0.269 e. The van der Waals surface area contributed by atoms with Gasteiger partial charge >= 0.3 is 0 Å². The summed E-state index contributed by atoms with van der Waals surface area (Å²) >= 11 is 4.98. The van der Waals surface area contributed by atoms with Gasteiger partial charge in [0.1, 0.15) is 11.6 Å². The Hall–Kier alpha value is -2.67. The molecule has 0 aliphatic carbocycles. The van der Waals surface area contributed by atoms with E-state index in [-0.39, 0.29) is 22.2 Å². The molecule has 0 heterocycles. The van der Waals surface area contributed by atoms with Crippen molar-refractivity contribution >= 4 is 28.9 Å². The van der Waals surface area contributed by atoms with Crippen LogP contribution in [-0.4, -0.2) is 16.1 Å². The number of hydrogen-bond donors (Lipinski definition) is 4. The number of halogens is 1. The Balaban J connectivity index is 1.86. The maximum atomic E-state index is 12.7. The van der Waals surface area contributed by atoms with Crippen LogP contribution in [0.1, 0.15) is 10.4 Å². The van der Waals surface area contributed by atoms with Crippen LogP contribution >= 0.6 is 12.2 Å². The normalized spacial score (nSPS) is 9.76. The summed E-state index contributed by atoms with van der Waals surface area (Å²) in [6.07, 6.45) is 0. The summed E-state index contributed by atoms with van der Waals surface area (Å²) in [6.45, 7) is 0. The van der Waals surface area contributed by atoms with Gasteiger partial charge in [-0.2, -0.15) is 0 Å². The monoisotopic (exact) mass is 305 g/mol. The van der Waals surface area contributed by atoms with Crippen molar-refractivity contribution in [2.75, 3.05) is 5.32 Å². The fourth-order valence-corrected chi connectivity index (χ4v) is 1.70. The second-order valence-electron chi connectivity index (χ2n) is 4.09. The van der Waals surface area contributed by atoms with Crippen LogP contribution < -0.4 is 16.2 Å². The molecule has 0 aliphatic heterocycles. The van der Waals surface area contributed by atoms with Crippen LogP contribution in [0.2, 0.25) is 0 Å². The van der Waals surface area contributed by atoms with Gasteiger partial charge in [-0.15, -0.1) is 0 Å². The molecule has 0 unspecified atom stereocenters. The largest absolute Gasteiger partial charge is 0.508 e. The van der Waals surface area contributed by atoms with Crippen molar-refractivity contribution in [1.82, 2.24) is 10.9 Å². The number of phenols is 1. The molecule has 0 fully saturated rings. The van der Waals surface area contributed by atoms with E-state index >= 15 is 0 Å². The number of nitrogens with one attached hydrogen (secondary N) is 3. The first-order valence-electron chi connectivity index (χ1n) is 5.96.